The summed E-state index contributed by atoms with van der Waals surface area (Å²) < 4.78 is 23.8. The van der Waals surface area contributed by atoms with E-state index < -0.39 is 15.9 Å². The van der Waals surface area contributed by atoms with Gasteiger partial charge in [0.25, 0.3) is 0 Å². The number of aliphatic hydroxyl groups excluding tert-OH is 2. The lowest BCUT2D eigenvalue weighted by Gasteiger charge is -2.15. The Morgan fingerprint density at radius 1 is 1.28 bits per heavy atom. The van der Waals surface area contributed by atoms with Gasteiger partial charge in [-0.1, -0.05) is 18.2 Å². The van der Waals surface area contributed by atoms with E-state index in [1.807, 2.05) is 0 Å². The monoisotopic (exact) mass is 273 g/mol. The predicted octanol–water partition coefficient (Wildman–Crippen LogP) is -0.208. The summed E-state index contributed by atoms with van der Waals surface area (Å²) in [4.78, 5) is 0.208. The zero-order valence-corrected chi connectivity index (χ0v) is 11.1. The molecule has 1 rings (SSSR count). The summed E-state index contributed by atoms with van der Waals surface area (Å²) >= 11 is 0. The molecule has 1 aromatic rings. The van der Waals surface area contributed by atoms with Crippen molar-refractivity contribution in [1.29, 1.82) is 0 Å². The Kier molecular flexibility index (Phi) is 5.74. The molecule has 102 valence electrons. The highest BCUT2D eigenvalue weighted by atomic mass is 32.2. The van der Waals surface area contributed by atoms with Gasteiger partial charge in [-0.25, -0.2) is 8.42 Å². The Morgan fingerprint density at radius 2 is 1.89 bits per heavy atom. The van der Waals surface area contributed by atoms with Crippen molar-refractivity contribution in [2.24, 2.45) is 0 Å². The molecular formula is C12H19NO4S. The van der Waals surface area contributed by atoms with Gasteiger partial charge in [0.2, 0.25) is 0 Å². The van der Waals surface area contributed by atoms with Crippen LogP contribution in [-0.4, -0.2) is 49.7 Å². The molecule has 2 atom stereocenters. The third-order valence-electron chi connectivity index (χ3n) is 2.49. The summed E-state index contributed by atoms with van der Waals surface area (Å²) in [5.41, 5.74) is 0. The van der Waals surface area contributed by atoms with Crippen molar-refractivity contribution in [3.8, 4) is 0 Å². The first kappa shape index (κ1) is 15.1. The van der Waals surface area contributed by atoms with Crippen molar-refractivity contribution < 1.29 is 18.6 Å². The van der Waals surface area contributed by atoms with Gasteiger partial charge in [0.15, 0.2) is 9.84 Å². The molecule has 18 heavy (non-hydrogen) atoms. The lowest BCUT2D eigenvalue weighted by molar-refractivity contribution is 0.177. The standard InChI is InChI=1S/C12H19NO4S/c1-10(8-14)13-7-11(15)9-18(16,17)12-5-3-2-4-6-12/h2-6,10-11,13-15H,7-9H2,1H3. The normalized spacial score (nSPS) is 15.3. The topological polar surface area (TPSA) is 86.6 Å². The molecule has 3 N–H and O–H groups in total. The van der Waals surface area contributed by atoms with Crippen LogP contribution in [0.4, 0.5) is 0 Å². The van der Waals surface area contributed by atoms with Crippen LogP contribution in [0.3, 0.4) is 0 Å². The average Bonchev–Trinajstić information content (AvgIpc) is 2.36. The van der Waals surface area contributed by atoms with Crippen molar-refractivity contribution >= 4 is 9.84 Å². The molecule has 0 aliphatic rings. The van der Waals surface area contributed by atoms with Crippen LogP contribution in [-0.2, 0) is 9.84 Å². The number of sulfone groups is 1. The maximum atomic E-state index is 11.9. The fraction of sp³-hybridized carbons (Fsp3) is 0.500. The van der Waals surface area contributed by atoms with Crippen LogP contribution >= 0.6 is 0 Å². The second-order valence-electron chi connectivity index (χ2n) is 4.24. The molecule has 5 nitrogen and oxygen atoms in total. The number of rotatable bonds is 7. The van der Waals surface area contributed by atoms with E-state index in [0.717, 1.165) is 0 Å². The Hall–Kier alpha value is -0.950. The molecule has 0 heterocycles. The zero-order chi connectivity index (χ0) is 13.6. The minimum atomic E-state index is -3.47. The number of hydrogen-bond donors (Lipinski definition) is 3. The smallest absolute Gasteiger partial charge is 0.180 e. The quantitative estimate of drug-likeness (QED) is 0.640. The second kappa shape index (κ2) is 6.84. The molecule has 6 heteroatoms. The van der Waals surface area contributed by atoms with Crippen LogP contribution in [0.1, 0.15) is 6.92 Å². The van der Waals surface area contributed by atoms with Crippen molar-refractivity contribution in [2.75, 3.05) is 18.9 Å². The van der Waals surface area contributed by atoms with Crippen LogP contribution < -0.4 is 5.32 Å². The van der Waals surface area contributed by atoms with Crippen molar-refractivity contribution in [1.82, 2.24) is 5.32 Å². The minimum absolute atomic E-state index is 0.0574. The van der Waals surface area contributed by atoms with Crippen LogP contribution in [0.25, 0.3) is 0 Å². The number of nitrogens with one attached hydrogen (secondary N) is 1. The number of aliphatic hydroxyl groups is 2. The van der Waals surface area contributed by atoms with Gasteiger partial charge in [0.1, 0.15) is 0 Å². The predicted molar refractivity (Wildman–Crippen MR) is 69.1 cm³/mol. The zero-order valence-electron chi connectivity index (χ0n) is 10.3. The molecule has 0 saturated heterocycles. The van der Waals surface area contributed by atoms with Gasteiger partial charge < -0.3 is 15.5 Å². The van der Waals surface area contributed by atoms with Crippen LogP contribution in [0.15, 0.2) is 35.2 Å². The summed E-state index contributed by atoms with van der Waals surface area (Å²) in [5, 5.41) is 21.3. The van der Waals surface area contributed by atoms with E-state index in [9.17, 15) is 13.5 Å². The third-order valence-corrected chi connectivity index (χ3v) is 4.30. The fourth-order valence-corrected chi connectivity index (χ4v) is 2.83. The third kappa shape index (κ3) is 4.73. The maximum Gasteiger partial charge on any atom is 0.180 e. The Balaban J connectivity index is 2.56. The van der Waals surface area contributed by atoms with Gasteiger partial charge in [-0.2, -0.15) is 0 Å². The van der Waals surface area contributed by atoms with E-state index in [1.54, 1.807) is 25.1 Å². The molecule has 0 fully saturated rings. The summed E-state index contributed by atoms with van der Waals surface area (Å²) in [6.07, 6.45) is -0.996. The van der Waals surface area contributed by atoms with Gasteiger partial charge in [-0.3, -0.25) is 0 Å². The fourth-order valence-electron chi connectivity index (χ4n) is 1.44. The summed E-state index contributed by atoms with van der Waals surface area (Å²) in [5.74, 6) is -0.331. The van der Waals surface area contributed by atoms with E-state index >= 15 is 0 Å². The molecule has 0 aromatic heterocycles. The first-order valence-corrected chi connectivity index (χ1v) is 7.41. The summed E-state index contributed by atoms with van der Waals surface area (Å²) in [6, 6.07) is 7.87. The number of benzene rings is 1. The van der Waals surface area contributed by atoms with Crippen molar-refractivity contribution in [3.05, 3.63) is 30.3 Å². The maximum absolute atomic E-state index is 11.9. The Labute approximate surface area is 107 Å². The van der Waals surface area contributed by atoms with E-state index in [1.165, 1.54) is 12.1 Å². The highest BCUT2D eigenvalue weighted by Gasteiger charge is 2.19. The Bertz CT molecular complexity index is 446. The van der Waals surface area contributed by atoms with Crippen LogP contribution in [0.5, 0.6) is 0 Å². The number of hydrogen-bond acceptors (Lipinski definition) is 5. The molecule has 2 unspecified atom stereocenters. The van der Waals surface area contributed by atoms with E-state index in [-0.39, 0.29) is 29.8 Å². The van der Waals surface area contributed by atoms with Crippen molar-refractivity contribution in [2.45, 2.75) is 24.0 Å². The molecule has 0 spiro atoms. The first-order chi connectivity index (χ1) is 8.45. The van der Waals surface area contributed by atoms with E-state index in [4.69, 9.17) is 5.11 Å². The molecule has 0 aliphatic heterocycles. The largest absolute Gasteiger partial charge is 0.395 e. The van der Waals surface area contributed by atoms with Crippen molar-refractivity contribution in [3.63, 3.8) is 0 Å². The second-order valence-corrected chi connectivity index (χ2v) is 6.27. The van der Waals surface area contributed by atoms with Crippen LogP contribution in [0, 0.1) is 0 Å². The minimum Gasteiger partial charge on any atom is -0.395 e. The van der Waals surface area contributed by atoms with Gasteiger partial charge in [0.05, 0.1) is 23.4 Å². The van der Waals surface area contributed by atoms with E-state index in [2.05, 4.69) is 5.32 Å². The van der Waals surface area contributed by atoms with Crippen LogP contribution in [0.2, 0.25) is 0 Å². The first-order valence-electron chi connectivity index (χ1n) is 5.76. The highest BCUT2D eigenvalue weighted by Crippen LogP contribution is 2.11. The van der Waals surface area contributed by atoms with Gasteiger partial charge >= 0.3 is 0 Å². The molecule has 1 aromatic carbocycles. The van der Waals surface area contributed by atoms with Gasteiger partial charge in [0, 0.05) is 12.6 Å². The van der Waals surface area contributed by atoms with Gasteiger partial charge in [-0.05, 0) is 19.1 Å². The molecule has 0 amide bonds. The molecule has 0 aliphatic carbocycles. The lowest BCUT2D eigenvalue weighted by atomic mass is 10.3. The molecule has 0 saturated carbocycles. The molecular weight excluding hydrogens is 254 g/mol. The molecule has 0 radical (unpaired) electrons. The average molecular weight is 273 g/mol. The highest BCUT2D eigenvalue weighted by molar-refractivity contribution is 7.91. The van der Waals surface area contributed by atoms with Gasteiger partial charge in [-0.15, -0.1) is 0 Å². The lowest BCUT2D eigenvalue weighted by Crippen LogP contribution is -2.38. The molecule has 0 bridgehead atoms. The summed E-state index contributed by atoms with van der Waals surface area (Å²) in [7, 11) is -3.47. The van der Waals surface area contributed by atoms with E-state index in [0.29, 0.717) is 0 Å². The summed E-state index contributed by atoms with van der Waals surface area (Å²) in [6.45, 7) is 1.82. The SMILES string of the molecule is CC(CO)NCC(O)CS(=O)(=O)c1ccccc1. The Morgan fingerprint density at radius 3 is 2.44 bits per heavy atom.